The summed E-state index contributed by atoms with van der Waals surface area (Å²) >= 11 is 0. The van der Waals surface area contributed by atoms with Gasteiger partial charge in [-0.25, -0.2) is 23.5 Å². The highest BCUT2D eigenvalue weighted by Crippen LogP contribution is 2.25. The van der Waals surface area contributed by atoms with Crippen molar-refractivity contribution in [2.75, 3.05) is 0 Å². The number of halogens is 2. The van der Waals surface area contributed by atoms with Crippen molar-refractivity contribution < 1.29 is 18.7 Å². The van der Waals surface area contributed by atoms with Gasteiger partial charge in [-0.2, -0.15) is 0 Å². The van der Waals surface area contributed by atoms with Crippen molar-refractivity contribution in [3.8, 4) is 11.3 Å². The molecule has 1 aromatic heterocycles. The number of hydrogen-bond donors (Lipinski definition) is 1. The third-order valence-electron chi connectivity index (χ3n) is 2.32. The molecule has 0 fully saturated rings. The van der Waals surface area contributed by atoms with E-state index < -0.39 is 17.6 Å². The summed E-state index contributed by atoms with van der Waals surface area (Å²) in [4.78, 5) is 18.6. The Balaban J connectivity index is 2.73. The molecule has 0 aliphatic carbocycles. The molecule has 0 saturated carbocycles. The van der Waals surface area contributed by atoms with Crippen LogP contribution in [-0.2, 0) is 0 Å². The molecule has 1 N–H and O–H groups in total. The second-order valence-electron chi connectivity index (χ2n) is 3.61. The first-order chi connectivity index (χ1) is 8.49. The van der Waals surface area contributed by atoms with Gasteiger partial charge >= 0.3 is 5.97 Å². The molecule has 0 amide bonds. The summed E-state index contributed by atoms with van der Waals surface area (Å²) in [6, 6.07) is 2.78. The van der Waals surface area contributed by atoms with Crippen molar-refractivity contribution in [3.05, 3.63) is 47.4 Å². The summed E-state index contributed by atoms with van der Waals surface area (Å²) in [5.74, 6) is -2.43. The zero-order valence-corrected chi connectivity index (χ0v) is 9.32. The molecule has 0 unspecified atom stereocenters. The monoisotopic (exact) mass is 250 g/mol. The number of nitrogens with zero attached hydrogens (tertiary/aromatic N) is 2. The number of aromatic carboxylic acids is 1. The zero-order chi connectivity index (χ0) is 13.3. The van der Waals surface area contributed by atoms with Gasteiger partial charge in [0.25, 0.3) is 0 Å². The first-order valence-corrected chi connectivity index (χ1v) is 5.01. The molecule has 0 spiro atoms. The summed E-state index contributed by atoms with van der Waals surface area (Å²) in [5, 5.41) is 8.98. The largest absolute Gasteiger partial charge is 0.478 e. The summed E-state index contributed by atoms with van der Waals surface area (Å²) in [6.07, 6.45) is 1.07. The van der Waals surface area contributed by atoms with Crippen LogP contribution in [0.5, 0.6) is 0 Å². The SMILES string of the molecule is Cc1ncc(C(=O)O)c(-c2cc(F)ccc2F)n1. The van der Waals surface area contributed by atoms with Gasteiger partial charge in [0, 0.05) is 11.8 Å². The van der Waals surface area contributed by atoms with E-state index in [1.54, 1.807) is 0 Å². The maximum absolute atomic E-state index is 13.6. The predicted molar refractivity (Wildman–Crippen MR) is 59.1 cm³/mol. The average molecular weight is 250 g/mol. The van der Waals surface area contributed by atoms with Crippen LogP contribution in [0.4, 0.5) is 8.78 Å². The van der Waals surface area contributed by atoms with Crippen molar-refractivity contribution in [3.63, 3.8) is 0 Å². The molecule has 0 radical (unpaired) electrons. The van der Waals surface area contributed by atoms with Crippen LogP contribution in [0, 0.1) is 18.6 Å². The van der Waals surface area contributed by atoms with Crippen LogP contribution in [0.2, 0.25) is 0 Å². The van der Waals surface area contributed by atoms with E-state index in [2.05, 4.69) is 9.97 Å². The number of carboxylic acid groups (broad SMARTS) is 1. The van der Waals surface area contributed by atoms with Gasteiger partial charge in [0.15, 0.2) is 0 Å². The van der Waals surface area contributed by atoms with Gasteiger partial charge in [0.05, 0.1) is 5.69 Å². The van der Waals surface area contributed by atoms with Crippen molar-refractivity contribution >= 4 is 5.97 Å². The van der Waals surface area contributed by atoms with Crippen LogP contribution in [0.1, 0.15) is 16.2 Å². The Morgan fingerprint density at radius 3 is 2.72 bits per heavy atom. The highest BCUT2D eigenvalue weighted by Gasteiger charge is 2.17. The third-order valence-corrected chi connectivity index (χ3v) is 2.32. The Morgan fingerprint density at radius 2 is 2.06 bits per heavy atom. The number of aryl methyl sites for hydroxylation is 1. The molecule has 2 rings (SSSR count). The number of carbonyl (C=O) groups is 1. The van der Waals surface area contributed by atoms with Crippen molar-refractivity contribution in [1.82, 2.24) is 9.97 Å². The molecule has 0 saturated heterocycles. The quantitative estimate of drug-likeness (QED) is 0.889. The molecule has 92 valence electrons. The van der Waals surface area contributed by atoms with Gasteiger partial charge in [-0.1, -0.05) is 0 Å². The third kappa shape index (κ3) is 2.17. The number of carboxylic acids is 1. The molecule has 2 aromatic rings. The minimum absolute atomic E-state index is 0.132. The molecule has 6 heteroatoms. The zero-order valence-electron chi connectivity index (χ0n) is 9.32. The lowest BCUT2D eigenvalue weighted by Gasteiger charge is -2.07. The molecule has 0 bridgehead atoms. The van der Waals surface area contributed by atoms with Crippen LogP contribution in [0.25, 0.3) is 11.3 Å². The van der Waals surface area contributed by atoms with Crippen molar-refractivity contribution in [1.29, 1.82) is 0 Å². The van der Waals surface area contributed by atoms with Gasteiger partial charge in [-0.15, -0.1) is 0 Å². The number of rotatable bonds is 2. The number of hydrogen-bond acceptors (Lipinski definition) is 3. The van der Waals surface area contributed by atoms with E-state index >= 15 is 0 Å². The van der Waals surface area contributed by atoms with E-state index in [1.807, 2.05) is 0 Å². The normalized spacial score (nSPS) is 10.4. The Morgan fingerprint density at radius 1 is 1.33 bits per heavy atom. The smallest absolute Gasteiger partial charge is 0.339 e. The van der Waals surface area contributed by atoms with E-state index in [4.69, 9.17) is 5.11 Å². The van der Waals surface area contributed by atoms with Crippen molar-refractivity contribution in [2.24, 2.45) is 0 Å². The fourth-order valence-corrected chi connectivity index (χ4v) is 1.51. The van der Waals surface area contributed by atoms with Crippen LogP contribution in [0.15, 0.2) is 24.4 Å². The van der Waals surface area contributed by atoms with Gasteiger partial charge in [-0.05, 0) is 25.1 Å². The minimum atomic E-state index is -1.30. The Kier molecular flexibility index (Phi) is 3.01. The standard InChI is InChI=1S/C12H8F2N2O2/c1-6-15-5-9(12(17)18)11(16-6)8-4-7(13)2-3-10(8)14/h2-5H,1H3,(H,17,18). The van der Waals surface area contributed by atoms with E-state index in [0.29, 0.717) is 0 Å². The van der Waals surface area contributed by atoms with E-state index in [0.717, 1.165) is 24.4 Å². The Hall–Kier alpha value is -2.37. The molecular formula is C12H8F2N2O2. The lowest BCUT2D eigenvalue weighted by molar-refractivity contribution is 0.0697. The lowest BCUT2D eigenvalue weighted by Crippen LogP contribution is -2.05. The first-order valence-electron chi connectivity index (χ1n) is 5.01. The van der Waals surface area contributed by atoms with Gasteiger partial charge in [0.1, 0.15) is 23.0 Å². The number of benzene rings is 1. The molecule has 0 aliphatic heterocycles. The lowest BCUT2D eigenvalue weighted by atomic mass is 10.1. The first kappa shape index (κ1) is 12.1. The van der Waals surface area contributed by atoms with Gasteiger partial charge in [0.2, 0.25) is 0 Å². The summed E-state index contributed by atoms with van der Waals surface area (Å²) < 4.78 is 26.7. The highest BCUT2D eigenvalue weighted by atomic mass is 19.1. The van der Waals surface area contributed by atoms with E-state index in [1.165, 1.54) is 6.92 Å². The maximum atomic E-state index is 13.6. The van der Waals surface area contributed by atoms with Crippen LogP contribution in [0.3, 0.4) is 0 Å². The summed E-state index contributed by atoms with van der Waals surface area (Å²) in [5.41, 5.74) is -0.602. The molecule has 18 heavy (non-hydrogen) atoms. The van der Waals surface area contributed by atoms with Crippen LogP contribution >= 0.6 is 0 Å². The second kappa shape index (κ2) is 4.48. The predicted octanol–water partition coefficient (Wildman–Crippen LogP) is 2.43. The molecule has 4 nitrogen and oxygen atoms in total. The van der Waals surface area contributed by atoms with Crippen LogP contribution in [-0.4, -0.2) is 21.0 Å². The fraction of sp³-hybridized carbons (Fsp3) is 0.0833. The maximum Gasteiger partial charge on any atom is 0.339 e. The Labute approximate surface area is 101 Å². The van der Waals surface area contributed by atoms with E-state index in [-0.39, 0.29) is 22.6 Å². The Bertz CT molecular complexity index is 629. The molecule has 0 aliphatic rings. The topological polar surface area (TPSA) is 63.1 Å². The fourth-order valence-electron chi connectivity index (χ4n) is 1.51. The summed E-state index contributed by atoms with van der Waals surface area (Å²) in [6.45, 7) is 1.53. The van der Waals surface area contributed by atoms with Crippen molar-refractivity contribution in [2.45, 2.75) is 6.92 Å². The van der Waals surface area contributed by atoms with E-state index in [9.17, 15) is 13.6 Å². The minimum Gasteiger partial charge on any atom is -0.478 e. The second-order valence-corrected chi connectivity index (χ2v) is 3.61. The molecular weight excluding hydrogens is 242 g/mol. The number of aromatic nitrogens is 2. The summed E-state index contributed by atoms with van der Waals surface area (Å²) in [7, 11) is 0. The molecule has 0 atom stereocenters. The molecule has 1 aromatic carbocycles. The van der Waals surface area contributed by atoms with Gasteiger partial charge in [-0.3, -0.25) is 0 Å². The van der Waals surface area contributed by atoms with Gasteiger partial charge < -0.3 is 5.11 Å². The van der Waals surface area contributed by atoms with Crippen LogP contribution < -0.4 is 0 Å². The average Bonchev–Trinajstić information content (AvgIpc) is 2.31. The highest BCUT2D eigenvalue weighted by molar-refractivity contribution is 5.94. The molecule has 1 heterocycles.